The molecule has 0 bridgehead atoms. The van der Waals surface area contributed by atoms with Crippen molar-refractivity contribution < 1.29 is 14.6 Å². The molecule has 1 saturated heterocycles. The smallest absolute Gasteiger partial charge is 0.230 e. The standard InChI is InChI=1S/C14H17NO3/c16-10-5-7-15(9-10)14(17)12-6-8-18-13-4-2-1-3-11(12)13/h1-4,10,12,16H,5-9H2. The van der Waals surface area contributed by atoms with Crippen molar-refractivity contribution in [2.24, 2.45) is 0 Å². The van der Waals surface area contributed by atoms with E-state index in [1.165, 1.54) is 0 Å². The minimum Gasteiger partial charge on any atom is -0.493 e. The van der Waals surface area contributed by atoms with Crippen LogP contribution < -0.4 is 4.74 Å². The molecule has 18 heavy (non-hydrogen) atoms. The van der Waals surface area contributed by atoms with Crippen molar-refractivity contribution in [1.82, 2.24) is 4.90 Å². The first kappa shape index (κ1) is 11.5. The van der Waals surface area contributed by atoms with Crippen LogP contribution in [0.1, 0.15) is 24.3 Å². The molecule has 4 heteroatoms. The predicted octanol–water partition coefficient (Wildman–Crippen LogP) is 1.15. The number of benzene rings is 1. The third kappa shape index (κ3) is 1.97. The number of nitrogens with zero attached hydrogens (tertiary/aromatic N) is 1. The Hall–Kier alpha value is -1.55. The summed E-state index contributed by atoms with van der Waals surface area (Å²) in [6.45, 7) is 1.72. The molecule has 0 spiro atoms. The predicted molar refractivity (Wildman–Crippen MR) is 66.5 cm³/mol. The van der Waals surface area contributed by atoms with Crippen molar-refractivity contribution in [3.63, 3.8) is 0 Å². The van der Waals surface area contributed by atoms with Crippen LogP contribution in [0.15, 0.2) is 24.3 Å². The van der Waals surface area contributed by atoms with Crippen molar-refractivity contribution in [3.8, 4) is 5.75 Å². The maximum absolute atomic E-state index is 12.5. The Morgan fingerprint density at radius 3 is 2.94 bits per heavy atom. The van der Waals surface area contributed by atoms with Crippen molar-refractivity contribution in [2.75, 3.05) is 19.7 Å². The van der Waals surface area contributed by atoms with E-state index in [9.17, 15) is 9.90 Å². The van der Waals surface area contributed by atoms with Gasteiger partial charge in [-0.1, -0.05) is 18.2 Å². The van der Waals surface area contributed by atoms with Gasteiger partial charge in [-0.25, -0.2) is 0 Å². The number of amides is 1. The zero-order valence-corrected chi connectivity index (χ0v) is 10.2. The Labute approximate surface area is 106 Å². The number of fused-ring (bicyclic) bond motifs is 1. The summed E-state index contributed by atoms with van der Waals surface area (Å²) in [5.41, 5.74) is 0.982. The van der Waals surface area contributed by atoms with E-state index in [1.54, 1.807) is 4.90 Å². The molecule has 1 aromatic rings. The lowest BCUT2D eigenvalue weighted by molar-refractivity contribution is -0.132. The van der Waals surface area contributed by atoms with Gasteiger partial charge in [-0.05, 0) is 18.9 Å². The van der Waals surface area contributed by atoms with Crippen LogP contribution in [0.5, 0.6) is 5.75 Å². The molecule has 0 saturated carbocycles. The van der Waals surface area contributed by atoms with Crippen LogP contribution >= 0.6 is 0 Å². The van der Waals surface area contributed by atoms with E-state index in [-0.39, 0.29) is 17.9 Å². The van der Waals surface area contributed by atoms with Gasteiger partial charge < -0.3 is 14.7 Å². The Morgan fingerprint density at radius 1 is 1.33 bits per heavy atom. The van der Waals surface area contributed by atoms with Crippen molar-refractivity contribution in [1.29, 1.82) is 0 Å². The second kappa shape index (κ2) is 4.61. The van der Waals surface area contributed by atoms with Crippen molar-refractivity contribution in [3.05, 3.63) is 29.8 Å². The highest BCUT2D eigenvalue weighted by atomic mass is 16.5. The summed E-state index contributed by atoms with van der Waals surface area (Å²) in [6.07, 6.45) is 1.06. The quantitative estimate of drug-likeness (QED) is 0.809. The first-order valence-corrected chi connectivity index (χ1v) is 6.44. The van der Waals surface area contributed by atoms with Crippen LogP contribution in [-0.4, -0.2) is 41.7 Å². The van der Waals surface area contributed by atoms with Crippen LogP contribution in [0.4, 0.5) is 0 Å². The van der Waals surface area contributed by atoms with E-state index in [2.05, 4.69) is 0 Å². The lowest BCUT2D eigenvalue weighted by Gasteiger charge is -2.28. The van der Waals surface area contributed by atoms with E-state index < -0.39 is 0 Å². The molecule has 4 nitrogen and oxygen atoms in total. The number of carbonyl (C=O) groups is 1. The van der Waals surface area contributed by atoms with Gasteiger partial charge >= 0.3 is 0 Å². The summed E-state index contributed by atoms with van der Waals surface area (Å²) in [5, 5.41) is 9.52. The lowest BCUT2D eigenvalue weighted by atomic mass is 9.92. The van der Waals surface area contributed by atoms with Gasteiger partial charge in [-0.15, -0.1) is 0 Å². The third-order valence-electron chi connectivity index (χ3n) is 3.73. The molecule has 0 radical (unpaired) electrons. The molecule has 1 N–H and O–H groups in total. The fourth-order valence-corrected chi connectivity index (χ4v) is 2.76. The fourth-order valence-electron chi connectivity index (χ4n) is 2.76. The van der Waals surface area contributed by atoms with Crippen LogP contribution in [0.3, 0.4) is 0 Å². The maximum Gasteiger partial charge on any atom is 0.230 e. The number of rotatable bonds is 1. The summed E-state index contributed by atoms with van der Waals surface area (Å²) in [5.74, 6) is 0.837. The van der Waals surface area contributed by atoms with Crippen molar-refractivity contribution in [2.45, 2.75) is 24.9 Å². The van der Waals surface area contributed by atoms with Gasteiger partial charge in [-0.3, -0.25) is 4.79 Å². The van der Waals surface area contributed by atoms with E-state index in [0.29, 0.717) is 26.1 Å². The Balaban J connectivity index is 1.83. The van der Waals surface area contributed by atoms with E-state index in [1.807, 2.05) is 24.3 Å². The zero-order chi connectivity index (χ0) is 12.5. The van der Waals surface area contributed by atoms with Crippen molar-refractivity contribution >= 4 is 5.91 Å². The molecule has 2 heterocycles. The molecule has 1 aromatic carbocycles. The highest BCUT2D eigenvalue weighted by Crippen LogP contribution is 2.35. The number of ether oxygens (including phenoxy) is 1. The Bertz CT molecular complexity index is 460. The highest BCUT2D eigenvalue weighted by molar-refractivity contribution is 5.85. The van der Waals surface area contributed by atoms with E-state index >= 15 is 0 Å². The minimum atomic E-state index is -0.357. The van der Waals surface area contributed by atoms with Crippen LogP contribution in [0.2, 0.25) is 0 Å². The number of para-hydroxylation sites is 1. The fraction of sp³-hybridized carbons (Fsp3) is 0.500. The van der Waals surface area contributed by atoms with Crippen LogP contribution in [0.25, 0.3) is 0 Å². The number of aliphatic hydroxyl groups excluding tert-OH is 1. The topological polar surface area (TPSA) is 49.8 Å². The average molecular weight is 247 g/mol. The second-order valence-electron chi connectivity index (χ2n) is 4.95. The van der Waals surface area contributed by atoms with E-state index in [4.69, 9.17) is 4.74 Å². The summed E-state index contributed by atoms with van der Waals surface area (Å²) < 4.78 is 5.57. The number of aliphatic hydroxyl groups is 1. The zero-order valence-electron chi connectivity index (χ0n) is 10.2. The Kier molecular flexibility index (Phi) is 2.96. The van der Waals surface area contributed by atoms with Gasteiger partial charge in [0.05, 0.1) is 18.6 Å². The number of β-amino-alcohol motifs (C(OH)–C–C–N with tert-alkyl or cyclic N) is 1. The Morgan fingerprint density at radius 2 is 2.17 bits per heavy atom. The summed E-state index contributed by atoms with van der Waals surface area (Å²) >= 11 is 0. The minimum absolute atomic E-state index is 0.111. The third-order valence-corrected chi connectivity index (χ3v) is 3.73. The first-order valence-electron chi connectivity index (χ1n) is 6.44. The molecule has 2 atom stereocenters. The van der Waals surface area contributed by atoms with Gasteiger partial charge in [0.15, 0.2) is 0 Å². The van der Waals surface area contributed by atoms with Crippen LogP contribution in [-0.2, 0) is 4.79 Å². The number of hydrogen-bond donors (Lipinski definition) is 1. The number of hydrogen-bond acceptors (Lipinski definition) is 3. The molecule has 0 aliphatic carbocycles. The molecule has 1 amide bonds. The summed E-state index contributed by atoms with van der Waals surface area (Å²) in [7, 11) is 0. The van der Waals surface area contributed by atoms with Gasteiger partial charge in [0, 0.05) is 18.7 Å². The highest BCUT2D eigenvalue weighted by Gasteiger charge is 2.33. The molecule has 1 fully saturated rings. The molecular formula is C14H17NO3. The van der Waals surface area contributed by atoms with E-state index in [0.717, 1.165) is 17.7 Å². The van der Waals surface area contributed by atoms with Gasteiger partial charge in [0.2, 0.25) is 5.91 Å². The molecule has 2 aliphatic rings. The van der Waals surface area contributed by atoms with Gasteiger partial charge in [0.1, 0.15) is 5.75 Å². The number of likely N-dealkylation sites (tertiary alicyclic amines) is 1. The molecule has 2 aliphatic heterocycles. The maximum atomic E-state index is 12.5. The van der Waals surface area contributed by atoms with Gasteiger partial charge in [-0.2, -0.15) is 0 Å². The molecule has 3 rings (SSSR count). The summed E-state index contributed by atoms with van der Waals surface area (Å²) in [4.78, 5) is 14.2. The monoisotopic (exact) mass is 247 g/mol. The van der Waals surface area contributed by atoms with Gasteiger partial charge in [0.25, 0.3) is 0 Å². The normalized spacial score (nSPS) is 26.6. The molecular weight excluding hydrogens is 230 g/mol. The lowest BCUT2D eigenvalue weighted by Crippen LogP contribution is -2.36. The first-order chi connectivity index (χ1) is 8.75. The SMILES string of the molecule is O=C(C1CCOc2ccccc21)N1CCC(O)C1. The van der Waals surface area contributed by atoms with Crippen LogP contribution in [0, 0.1) is 0 Å². The average Bonchev–Trinajstić information content (AvgIpc) is 2.84. The molecule has 96 valence electrons. The summed E-state index contributed by atoms with van der Waals surface area (Å²) in [6, 6.07) is 7.73. The molecule has 0 aromatic heterocycles. The number of carbonyl (C=O) groups excluding carboxylic acids is 1. The molecule has 2 unspecified atom stereocenters. The largest absolute Gasteiger partial charge is 0.493 e. The second-order valence-corrected chi connectivity index (χ2v) is 4.95.